The lowest BCUT2D eigenvalue weighted by molar-refractivity contribution is -0.143. The van der Waals surface area contributed by atoms with Crippen LogP contribution in [0.25, 0.3) is 0 Å². The van der Waals surface area contributed by atoms with Crippen LogP contribution in [0.1, 0.15) is 19.8 Å². The molecule has 1 aliphatic heterocycles. The average molecular weight is 243 g/mol. The molecule has 2 unspecified atom stereocenters. The minimum Gasteiger partial charge on any atom is -0.383 e. The molecule has 1 aliphatic rings. The first-order valence-corrected chi connectivity index (χ1v) is 5.90. The largest absolute Gasteiger partial charge is 0.383 e. The maximum atomic E-state index is 11.8. The van der Waals surface area contributed by atoms with E-state index in [9.17, 15) is 9.59 Å². The molecule has 1 heterocycles. The van der Waals surface area contributed by atoms with Crippen molar-refractivity contribution in [2.75, 3.05) is 26.8 Å². The predicted molar refractivity (Wildman–Crippen MR) is 63.3 cm³/mol. The molecule has 0 aliphatic carbocycles. The second-order valence-electron chi connectivity index (χ2n) is 4.24. The predicted octanol–water partition coefficient (Wildman–Crippen LogP) is -0.913. The molecule has 17 heavy (non-hydrogen) atoms. The fraction of sp³-hybridized carbons (Fsp3) is 0.818. The molecule has 6 nitrogen and oxygen atoms in total. The van der Waals surface area contributed by atoms with Gasteiger partial charge in [0.25, 0.3) is 0 Å². The normalized spacial score (nSPS) is 22.4. The van der Waals surface area contributed by atoms with Crippen LogP contribution < -0.4 is 11.1 Å². The van der Waals surface area contributed by atoms with E-state index in [-0.39, 0.29) is 11.8 Å². The number of carbonyl (C=O) groups is 2. The van der Waals surface area contributed by atoms with Crippen molar-refractivity contribution in [1.82, 2.24) is 10.2 Å². The van der Waals surface area contributed by atoms with Gasteiger partial charge in [0.15, 0.2) is 0 Å². The topological polar surface area (TPSA) is 84.7 Å². The Morgan fingerprint density at radius 3 is 3.06 bits per heavy atom. The monoisotopic (exact) mass is 243 g/mol. The van der Waals surface area contributed by atoms with Crippen LogP contribution in [0.15, 0.2) is 0 Å². The summed E-state index contributed by atoms with van der Waals surface area (Å²) < 4.78 is 4.84. The fourth-order valence-electron chi connectivity index (χ4n) is 1.88. The van der Waals surface area contributed by atoms with E-state index in [1.807, 2.05) is 0 Å². The molecular weight excluding hydrogens is 222 g/mol. The molecule has 2 atom stereocenters. The van der Waals surface area contributed by atoms with E-state index in [2.05, 4.69) is 5.32 Å². The molecule has 98 valence electrons. The number of carbonyl (C=O) groups excluding carboxylic acids is 2. The summed E-state index contributed by atoms with van der Waals surface area (Å²) in [5.41, 5.74) is 5.69. The van der Waals surface area contributed by atoms with E-state index >= 15 is 0 Å². The van der Waals surface area contributed by atoms with Crippen molar-refractivity contribution in [3.63, 3.8) is 0 Å². The van der Waals surface area contributed by atoms with Gasteiger partial charge in [-0.25, -0.2) is 0 Å². The van der Waals surface area contributed by atoms with Crippen molar-refractivity contribution in [1.29, 1.82) is 0 Å². The number of hydrogen-bond acceptors (Lipinski definition) is 4. The Kier molecular flexibility index (Phi) is 5.37. The molecule has 2 amide bonds. The van der Waals surface area contributed by atoms with Gasteiger partial charge >= 0.3 is 0 Å². The molecule has 0 aromatic heterocycles. The summed E-state index contributed by atoms with van der Waals surface area (Å²) in [4.78, 5) is 25.1. The summed E-state index contributed by atoms with van der Waals surface area (Å²) in [7, 11) is 1.57. The van der Waals surface area contributed by atoms with Crippen molar-refractivity contribution < 1.29 is 14.3 Å². The number of nitrogens with one attached hydrogen (secondary N) is 1. The average Bonchev–Trinajstić information content (AvgIpc) is 2.32. The van der Waals surface area contributed by atoms with E-state index in [0.29, 0.717) is 26.1 Å². The highest BCUT2D eigenvalue weighted by molar-refractivity contribution is 5.89. The van der Waals surface area contributed by atoms with Crippen LogP contribution in [0.3, 0.4) is 0 Å². The Hall–Kier alpha value is -1.14. The number of piperidine rings is 1. The molecule has 1 fully saturated rings. The lowest BCUT2D eigenvalue weighted by atomic mass is 10.0. The first kappa shape index (κ1) is 13.9. The standard InChI is InChI=1S/C11H21N3O3/c1-8(10(15)13-5-7-17-2)14-6-3-4-9(12)11(14)16/h8-9H,3-7,12H2,1-2H3,(H,13,15). The zero-order valence-electron chi connectivity index (χ0n) is 10.4. The van der Waals surface area contributed by atoms with Crippen molar-refractivity contribution in [3.05, 3.63) is 0 Å². The molecule has 3 N–H and O–H groups in total. The molecule has 1 rings (SSSR count). The van der Waals surface area contributed by atoms with Gasteiger partial charge in [0, 0.05) is 20.2 Å². The Morgan fingerprint density at radius 1 is 1.71 bits per heavy atom. The number of rotatable bonds is 5. The highest BCUT2D eigenvalue weighted by atomic mass is 16.5. The minimum atomic E-state index is -0.467. The van der Waals surface area contributed by atoms with Crippen molar-refractivity contribution >= 4 is 11.8 Å². The molecule has 0 radical (unpaired) electrons. The molecule has 0 aromatic carbocycles. The first-order chi connectivity index (χ1) is 8.07. The molecule has 0 bridgehead atoms. The Balaban J connectivity index is 2.47. The first-order valence-electron chi connectivity index (χ1n) is 5.90. The second kappa shape index (κ2) is 6.56. The lowest BCUT2D eigenvalue weighted by Crippen LogP contribution is -2.56. The number of methoxy groups -OCH3 is 1. The van der Waals surface area contributed by atoms with Crippen LogP contribution in [-0.2, 0) is 14.3 Å². The van der Waals surface area contributed by atoms with Crippen molar-refractivity contribution in [2.24, 2.45) is 5.73 Å². The summed E-state index contributed by atoms with van der Waals surface area (Å²) in [5.74, 6) is -0.296. The van der Waals surface area contributed by atoms with Crippen molar-refractivity contribution in [2.45, 2.75) is 31.8 Å². The zero-order chi connectivity index (χ0) is 12.8. The highest BCUT2D eigenvalue weighted by Gasteiger charge is 2.31. The van der Waals surface area contributed by atoms with Gasteiger partial charge in [-0.3, -0.25) is 9.59 Å². The fourth-order valence-corrected chi connectivity index (χ4v) is 1.88. The van der Waals surface area contributed by atoms with E-state index in [1.54, 1.807) is 18.9 Å². The molecular formula is C11H21N3O3. The number of nitrogens with two attached hydrogens (primary N) is 1. The van der Waals surface area contributed by atoms with E-state index < -0.39 is 12.1 Å². The summed E-state index contributed by atoms with van der Waals surface area (Å²) in [6.07, 6.45) is 1.55. The van der Waals surface area contributed by atoms with Gasteiger partial charge in [-0.2, -0.15) is 0 Å². The third-order valence-corrected chi connectivity index (χ3v) is 2.97. The smallest absolute Gasteiger partial charge is 0.242 e. The van der Waals surface area contributed by atoms with Gasteiger partial charge in [-0.15, -0.1) is 0 Å². The van der Waals surface area contributed by atoms with Gasteiger partial charge in [0.1, 0.15) is 6.04 Å². The van der Waals surface area contributed by atoms with Gasteiger partial charge in [0.2, 0.25) is 11.8 Å². The molecule has 0 aromatic rings. The van der Waals surface area contributed by atoms with Crippen molar-refractivity contribution in [3.8, 4) is 0 Å². The van der Waals surface area contributed by atoms with Gasteiger partial charge in [-0.05, 0) is 19.8 Å². The van der Waals surface area contributed by atoms with Crippen LogP contribution in [0.2, 0.25) is 0 Å². The summed E-state index contributed by atoms with van der Waals surface area (Å²) in [6.45, 7) is 3.24. The Labute approximate surface area is 101 Å². The number of ether oxygens (including phenoxy) is 1. The molecule has 0 saturated carbocycles. The van der Waals surface area contributed by atoms with Crippen LogP contribution in [0.4, 0.5) is 0 Å². The number of nitrogens with zero attached hydrogens (tertiary/aromatic N) is 1. The van der Waals surface area contributed by atoms with Gasteiger partial charge in [-0.1, -0.05) is 0 Å². The third-order valence-electron chi connectivity index (χ3n) is 2.97. The molecule has 1 saturated heterocycles. The maximum Gasteiger partial charge on any atom is 0.242 e. The summed E-state index contributed by atoms with van der Waals surface area (Å²) >= 11 is 0. The lowest BCUT2D eigenvalue weighted by Gasteiger charge is -2.34. The Morgan fingerprint density at radius 2 is 2.41 bits per heavy atom. The van der Waals surface area contributed by atoms with Crippen LogP contribution >= 0.6 is 0 Å². The third kappa shape index (κ3) is 3.67. The minimum absolute atomic E-state index is 0.134. The molecule has 0 spiro atoms. The van der Waals surface area contributed by atoms with Crippen LogP contribution in [-0.4, -0.2) is 55.6 Å². The van der Waals surface area contributed by atoms with E-state index in [4.69, 9.17) is 10.5 Å². The zero-order valence-corrected chi connectivity index (χ0v) is 10.4. The number of likely N-dealkylation sites (tertiary alicyclic amines) is 1. The summed E-state index contributed by atoms with van der Waals surface area (Å²) in [5, 5.41) is 2.72. The molecule has 6 heteroatoms. The highest BCUT2D eigenvalue weighted by Crippen LogP contribution is 2.13. The SMILES string of the molecule is COCCNC(=O)C(C)N1CCCC(N)C1=O. The van der Waals surface area contributed by atoms with Crippen LogP contribution in [0.5, 0.6) is 0 Å². The summed E-state index contributed by atoms with van der Waals surface area (Å²) in [6, 6.07) is -0.927. The van der Waals surface area contributed by atoms with Crippen LogP contribution in [0, 0.1) is 0 Å². The quantitative estimate of drug-likeness (QED) is 0.612. The van der Waals surface area contributed by atoms with Gasteiger partial charge in [0.05, 0.1) is 12.6 Å². The van der Waals surface area contributed by atoms with Gasteiger partial charge < -0.3 is 20.7 Å². The van der Waals surface area contributed by atoms with E-state index in [1.165, 1.54) is 0 Å². The second-order valence-corrected chi connectivity index (χ2v) is 4.24. The number of hydrogen-bond donors (Lipinski definition) is 2. The van der Waals surface area contributed by atoms with E-state index in [0.717, 1.165) is 6.42 Å². The number of amides is 2. The Bertz CT molecular complexity index is 283. The maximum absolute atomic E-state index is 11.8.